The smallest absolute Gasteiger partial charge is 0.225 e. The van der Waals surface area contributed by atoms with E-state index in [0.717, 1.165) is 37.4 Å². The molecule has 5 nitrogen and oxygen atoms in total. The molecule has 0 bridgehead atoms. The lowest BCUT2D eigenvalue weighted by Gasteiger charge is -2.36. The van der Waals surface area contributed by atoms with E-state index in [0.29, 0.717) is 0 Å². The molecule has 4 rings (SSSR count). The highest BCUT2D eigenvalue weighted by Gasteiger charge is 2.38. The first kappa shape index (κ1) is 22.5. The standard InChI is InChI=1S/C21H25N3O2.2ClH/c1-14-7-8-17(11-23-14)26-18-9-16(10-18)24-21(25)20-13-22-12-19(20)15-5-3-2-4-6-15;;/h2-8,11,16,18-20,22H,9-10,12-13H2,1H3,(H,24,25);2*1H/t16?,18?,19-,20+;;/m1../s1. The molecule has 152 valence electrons. The SMILES string of the molecule is Cc1ccc(OC2CC(NC(=O)[C@H]3CNC[C@@H]3c3ccccc3)C2)cn1.Cl.Cl. The number of benzene rings is 1. The maximum atomic E-state index is 12.7. The predicted molar refractivity (Wildman–Crippen MR) is 115 cm³/mol. The highest BCUT2D eigenvalue weighted by atomic mass is 35.5. The number of aryl methyl sites for hydroxylation is 1. The second-order valence-corrected chi connectivity index (χ2v) is 7.33. The molecule has 2 atom stereocenters. The van der Waals surface area contributed by atoms with Gasteiger partial charge in [0, 0.05) is 43.6 Å². The quantitative estimate of drug-likeness (QED) is 0.774. The zero-order valence-corrected chi connectivity index (χ0v) is 17.5. The Morgan fingerprint density at radius 1 is 1.11 bits per heavy atom. The number of rotatable bonds is 5. The van der Waals surface area contributed by atoms with Crippen LogP contribution in [0.3, 0.4) is 0 Å². The Bertz CT molecular complexity index is 752. The normalized spacial score (nSPS) is 25.6. The average molecular weight is 424 g/mol. The van der Waals surface area contributed by atoms with Crippen LogP contribution in [-0.4, -0.2) is 36.1 Å². The number of halogens is 2. The van der Waals surface area contributed by atoms with E-state index in [-0.39, 0.29) is 54.7 Å². The van der Waals surface area contributed by atoms with Crippen LogP contribution in [0.2, 0.25) is 0 Å². The number of aromatic nitrogens is 1. The fourth-order valence-corrected chi connectivity index (χ4v) is 3.81. The van der Waals surface area contributed by atoms with E-state index in [1.54, 1.807) is 6.20 Å². The second-order valence-electron chi connectivity index (χ2n) is 7.33. The lowest BCUT2D eigenvalue weighted by atomic mass is 9.85. The first-order chi connectivity index (χ1) is 12.7. The van der Waals surface area contributed by atoms with Crippen molar-refractivity contribution in [3.8, 4) is 5.75 Å². The van der Waals surface area contributed by atoms with Gasteiger partial charge in [0.25, 0.3) is 0 Å². The van der Waals surface area contributed by atoms with Crippen LogP contribution in [0.1, 0.15) is 30.0 Å². The molecule has 2 heterocycles. The minimum absolute atomic E-state index is 0. The van der Waals surface area contributed by atoms with Gasteiger partial charge in [-0.05, 0) is 24.6 Å². The molecule has 1 amide bonds. The summed E-state index contributed by atoms with van der Waals surface area (Å²) in [7, 11) is 0. The third kappa shape index (κ3) is 5.16. The van der Waals surface area contributed by atoms with Crippen LogP contribution in [0.15, 0.2) is 48.7 Å². The molecule has 1 aromatic heterocycles. The number of hydrogen-bond acceptors (Lipinski definition) is 4. The van der Waals surface area contributed by atoms with E-state index in [2.05, 4.69) is 27.8 Å². The fourth-order valence-electron chi connectivity index (χ4n) is 3.81. The van der Waals surface area contributed by atoms with E-state index < -0.39 is 0 Å². The van der Waals surface area contributed by atoms with Gasteiger partial charge in [0.2, 0.25) is 5.91 Å². The molecule has 28 heavy (non-hydrogen) atoms. The topological polar surface area (TPSA) is 63.2 Å². The Labute approximate surface area is 178 Å². The number of nitrogens with zero attached hydrogens (tertiary/aromatic N) is 1. The molecule has 0 spiro atoms. The fraction of sp³-hybridized carbons (Fsp3) is 0.429. The third-order valence-corrected chi connectivity index (χ3v) is 5.41. The molecule has 0 radical (unpaired) electrons. The molecule has 2 N–H and O–H groups in total. The zero-order valence-electron chi connectivity index (χ0n) is 15.8. The molecule has 1 aromatic carbocycles. The minimum atomic E-state index is -0.00123. The van der Waals surface area contributed by atoms with Gasteiger partial charge in [0.15, 0.2) is 0 Å². The maximum Gasteiger partial charge on any atom is 0.225 e. The van der Waals surface area contributed by atoms with E-state index in [1.165, 1.54) is 5.56 Å². The second kappa shape index (κ2) is 10.1. The van der Waals surface area contributed by atoms with Crippen LogP contribution < -0.4 is 15.4 Å². The predicted octanol–water partition coefficient (Wildman–Crippen LogP) is 3.26. The van der Waals surface area contributed by atoms with Gasteiger partial charge in [-0.15, -0.1) is 24.8 Å². The molecule has 2 aliphatic rings. The van der Waals surface area contributed by atoms with Gasteiger partial charge in [-0.3, -0.25) is 9.78 Å². The van der Waals surface area contributed by atoms with Gasteiger partial charge in [-0.25, -0.2) is 0 Å². The van der Waals surface area contributed by atoms with Crippen molar-refractivity contribution >= 4 is 30.7 Å². The van der Waals surface area contributed by atoms with Crippen LogP contribution in [0.25, 0.3) is 0 Å². The van der Waals surface area contributed by atoms with Crippen LogP contribution in [0, 0.1) is 12.8 Å². The first-order valence-corrected chi connectivity index (χ1v) is 9.34. The molecule has 1 aliphatic heterocycles. The Morgan fingerprint density at radius 2 is 1.86 bits per heavy atom. The summed E-state index contributed by atoms with van der Waals surface area (Å²) in [6.07, 6.45) is 3.64. The molecular formula is C21H27Cl2N3O2. The Hall–Kier alpha value is -1.82. The van der Waals surface area contributed by atoms with Crippen molar-refractivity contribution in [3.05, 3.63) is 59.9 Å². The number of ether oxygens (including phenoxy) is 1. The third-order valence-electron chi connectivity index (χ3n) is 5.41. The molecular weight excluding hydrogens is 397 g/mol. The lowest BCUT2D eigenvalue weighted by molar-refractivity contribution is -0.126. The molecule has 0 unspecified atom stereocenters. The van der Waals surface area contributed by atoms with Gasteiger partial charge >= 0.3 is 0 Å². The Balaban J connectivity index is 0.00000140. The van der Waals surface area contributed by atoms with Gasteiger partial charge in [0.1, 0.15) is 11.9 Å². The van der Waals surface area contributed by atoms with Gasteiger partial charge < -0.3 is 15.4 Å². The van der Waals surface area contributed by atoms with Gasteiger partial charge in [0.05, 0.1) is 12.1 Å². The summed E-state index contributed by atoms with van der Waals surface area (Å²) in [5.41, 5.74) is 2.22. The lowest BCUT2D eigenvalue weighted by Crippen LogP contribution is -2.51. The zero-order chi connectivity index (χ0) is 17.9. The number of hydrogen-bond donors (Lipinski definition) is 2. The first-order valence-electron chi connectivity index (χ1n) is 9.34. The van der Waals surface area contributed by atoms with Crippen LogP contribution >= 0.6 is 24.8 Å². The molecule has 1 saturated heterocycles. The van der Waals surface area contributed by atoms with Crippen molar-refractivity contribution in [2.75, 3.05) is 13.1 Å². The van der Waals surface area contributed by atoms with Crippen LogP contribution in [0.4, 0.5) is 0 Å². The summed E-state index contributed by atoms with van der Waals surface area (Å²) in [5, 5.41) is 6.57. The average Bonchev–Trinajstić information content (AvgIpc) is 3.12. The molecule has 7 heteroatoms. The largest absolute Gasteiger partial charge is 0.489 e. The van der Waals surface area contributed by atoms with Crippen molar-refractivity contribution in [3.63, 3.8) is 0 Å². The Kier molecular flexibility index (Phi) is 8.10. The van der Waals surface area contributed by atoms with Gasteiger partial charge in [-0.1, -0.05) is 30.3 Å². The van der Waals surface area contributed by atoms with Gasteiger partial charge in [-0.2, -0.15) is 0 Å². The molecule has 2 fully saturated rings. The molecule has 2 aromatic rings. The summed E-state index contributed by atoms with van der Waals surface area (Å²) < 4.78 is 5.91. The van der Waals surface area contributed by atoms with E-state index >= 15 is 0 Å². The number of pyridine rings is 1. The molecule has 1 aliphatic carbocycles. The summed E-state index contributed by atoms with van der Waals surface area (Å²) in [5.74, 6) is 1.21. The van der Waals surface area contributed by atoms with Crippen molar-refractivity contribution in [1.29, 1.82) is 0 Å². The van der Waals surface area contributed by atoms with Crippen LogP contribution in [-0.2, 0) is 4.79 Å². The van der Waals surface area contributed by atoms with Crippen molar-refractivity contribution < 1.29 is 9.53 Å². The highest BCUT2D eigenvalue weighted by Crippen LogP contribution is 2.30. The van der Waals surface area contributed by atoms with E-state index in [9.17, 15) is 4.79 Å². The number of nitrogens with one attached hydrogen (secondary N) is 2. The maximum absolute atomic E-state index is 12.7. The number of amides is 1. The van der Waals surface area contributed by atoms with Crippen molar-refractivity contribution in [2.45, 2.75) is 37.8 Å². The number of carbonyl (C=O) groups is 1. The molecule has 1 saturated carbocycles. The Morgan fingerprint density at radius 3 is 2.54 bits per heavy atom. The van der Waals surface area contributed by atoms with E-state index in [1.807, 2.05) is 37.3 Å². The van der Waals surface area contributed by atoms with E-state index in [4.69, 9.17) is 4.74 Å². The number of carbonyl (C=O) groups excluding carboxylic acids is 1. The summed E-state index contributed by atoms with van der Waals surface area (Å²) in [4.78, 5) is 17.0. The summed E-state index contributed by atoms with van der Waals surface area (Å²) in [6.45, 7) is 3.56. The monoisotopic (exact) mass is 423 g/mol. The summed E-state index contributed by atoms with van der Waals surface area (Å²) >= 11 is 0. The minimum Gasteiger partial charge on any atom is -0.489 e. The van der Waals surface area contributed by atoms with Crippen molar-refractivity contribution in [1.82, 2.24) is 15.6 Å². The van der Waals surface area contributed by atoms with Crippen molar-refractivity contribution in [2.24, 2.45) is 5.92 Å². The van der Waals surface area contributed by atoms with Crippen LogP contribution in [0.5, 0.6) is 5.75 Å². The highest BCUT2D eigenvalue weighted by molar-refractivity contribution is 5.85. The summed E-state index contributed by atoms with van der Waals surface area (Å²) in [6, 6.07) is 14.4.